The van der Waals surface area contributed by atoms with Crippen LogP contribution in [0.5, 0.6) is 5.75 Å². The first kappa shape index (κ1) is 24.1. The van der Waals surface area contributed by atoms with Crippen LogP contribution in [0, 0.1) is 5.41 Å². The van der Waals surface area contributed by atoms with E-state index in [1.807, 2.05) is 67.8 Å². The first-order valence-electron chi connectivity index (χ1n) is 11.5. The molecule has 5 nitrogen and oxygen atoms in total. The van der Waals surface area contributed by atoms with Crippen LogP contribution in [0.25, 0.3) is 0 Å². The molecule has 6 heteroatoms. The molecule has 178 valence electrons. The molecule has 1 aliphatic heterocycles. The molecule has 1 aliphatic carbocycles. The van der Waals surface area contributed by atoms with Crippen molar-refractivity contribution in [3.8, 4) is 5.75 Å². The number of allylic oxidation sites excluding steroid dienone is 3. The van der Waals surface area contributed by atoms with Gasteiger partial charge in [-0.15, -0.1) is 11.8 Å². The number of thioether (sulfide) groups is 1. The van der Waals surface area contributed by atoms with Gasteiger partial charge in [-0.05, 0) is 54.8 Å². The molecule has 0 saturated carbocycles. The molecule has 2 aromatic rings. The van der Waals surface area contributed by atoms with E-state index in [0.29, 0.717) is 17.6 Å². The highest BCUT2D eigenvalue weighted by atomic mass is 32.2. The summed E-state index contributed by atoms with van der Waals surface area (Å²) in [6.07, 6.45) is 3.24. The van der Waals surface area contributed by atoms with E-state index in [9.17, 15) is 9.59 Å². The van der Waals surface area contributed by atoms with Crippen molar-refractivity contribution >= 4 is 23.5 Å². The number of carbonyl (C=O) groups is 2. The molecular weight excluding hydrogens is 446 g/mol. The number of nitrogens with one attached hydrogen (secondary N) is 1. The number of dihydropyridines is 1. The Balaban J connectivity index is 1.60. The largest absolute Gasteiger partial charge is 0.490 e. The standard InChI is InChI=1S/C28H31NO4S/c1-18-24(27(31)33-15-14-32-20-8-6-5-7-9-20)25(19-10-12-21(34-4)13-11-19)26-22(29-18)16-28(2,3)17-23(26)30/h5-13,25,29H,14-17H2,1-4H3/t25-/m1/s1. The molecule has 0 bridgehead atoms. The third-order valence-electron chi connectivity index (χ3n) is 6.24. The monoisotopic (exact) mass is 477 g/mol. The molecule has 0 saturated heterocycles. The molecule has 2 aliphatic rings. The highest BCUT2D eigenvalue weighted by Gasteiger charge is 2.43. The number of esters is 1. The second-order valence-electron chi connectivity index (χ2n) is 9.50. The fraction of sp³-hybridized carbons (Fsp3) is 0.357. The molecule has 0 aromatic heterocycles. The van der Waals surface area contributed by atoms with E-state index < -0.39 is 11.9 Å². The van der Waals surface area contributed by atoms with Crippen LogP contribution in [-0.2, 0) is 14.3 Å². The van der Waals surface area contributed by atoms with Crippen molar-refractivity contribution in [1.82, 2.24) is 5.32 Å². The zero-order valence-corrected chi connectivity index (χ0v) is 21.0. The minimum absolute atomic E-state index is 0.0860. The summed E-state index contributed by atoms with van der Waals surface area (Å²) in [6, 6.07) is 17.5. The average molecular weight is 478 g/mol. The Morgan fingerprint density at radius 1 is 1.06 bits per heavy atom. The molecule has 1 atom stereocenters. The molecule has 4 rings (SSSR count). The number of hydrogen-bond donors (Lipinski definition) is 1. The molecule has 34 heavy (non-hydrogen) atoms. The van der Waals surface area contributed by atoms with Crippen molar-refractivity contribution < 1.29 is 19.1 Å². The molecule has 1 heterocycles. The lowest BCUT2D eigenvalue weighted by Gasteiger charge is -2.39. The van der Waals surface area contributed by atoms with Crippen LogP contribution < -0.4 is 10.1 Å². The molecular formula is C28H31NO4S. The molecule has 0 fully saturated rings. The number of ketones is 1. The van der Waals surface area contributed by atoms with E-state index in [2.05, 4.69) is 19.2 Å². The Morgan fingerprint density at radius 2 is 1.76 bits per heavy atom. The van der Waals surface area contributed by atoms with Crippen molar-refractivity contribution in [1.29, 1.82) is 0 Å². The number of benzene rings is 2. The van der Waals surface area contributed by atoms with Crippen molar-refractivity contribution in [3.63, 3.8) is 0 Å². The van der Waals surface area contributed by atoms with Gasteiger partial charge in [-0.25, -0.2) is 4.79 Å². The smallest absolute Gasteiger partial charge is 0.336 e. The van der Waals surface area contributed by atoms with Crippen LogP contribution in [0.2, 0.25) is 0 Å². The molecule has 0 spiro atoms. The average Bonchev–Trinajstić information content (AvgIpc) is 2.80. The summed E-state index contributed by atoms with van der Waals surface area (Å²) < 4.78 is 11.3. The van der Waals surface area contributed by atoms with Crippen LogP contribution in [0.4, 0.5) is 0 Å². The summed E-state index contributed by atoms with van der Waals surface area (Å²) >= 11 is 1.66. The van der Waals surface area contributed by atoms with Crippen LogP contribution in [0.15, 0.2) is 82.0 Å². The predicted octanol–water partition coefficient (Wildman–Crippen LogP) is 5.63. The summed E-state index contributed by atoms with van der Waals surface area (Å²) in [6.45, 7) is 6.47. The molecule has 0 unspecified atom stereocenters. The summed E-state index contributed by atoms with van der Waals surface area (Å²) in [5.41, 5.74) is 3.63. The summed E-state index contributed by atoms with van der Waals surface area (Å²) in [5.74, 6) is -0.0590. The minimum atomic E-state index is -0.446. The van der Waals surface area contributed by atoms with Crippen LogP contribution >= 0.6 is 11.8 Å². The van der Waals surface area contributed by atoms with Gasteiger partial charge in [-0.3, -0.25) is 4.79 Å². The lowest BCUT2D eigenvalue weighted by Crippen LogP contribution is -2.38. The van der Waals surface area contributed by atoms with Gasteiger partial charge in [0.2, 0.25) is 0 Å². The van der Waals surface area contributed by atoms with Crippen molar-refractivity contribution in [2.24, 2.45) is 5.41 Å². The Labute approximate surface area is 205 Å². The number of Topliss-reactive ketones (excluding diaryl/α,β-unsaturated/α-hetero) is 1. The Hall–Kier alpha value is -2.99. The van der Waals surface area contributed by atoms with Gasteiger partial charge in [0.25, 0.3) is 0 Å². The van der Waals surface area contributed by atoms with E-state index in [0.717, 1.165) is 34.0 Å². The number of carbonyl (C=O) groups excluding carboxylic acids is 2. The maximum atomic E-state index is 13.3. The highest BCUT2D eigenvalue weighted by Crippen LogP contribution is 2.46. The normalized spacial score (nSPS) is 19.4. The van der Waals surface area contributed by atoms with Gasteiger partial charge in [-0.2, -0.15) is 0 Å². The molecule has 0 radical (unpaired) electrons. The van der Waals surface area contributed by atoms with Gasteiger partial charge in [-0.1, -0.05) is 44.2 Å². The van der Waals surface area contributed by atoms with Crippen molar-refractivity contribution in [3.05, 3.63) is 82.7 Å². The maximum absolute atomic E-state index is 13.3. The van der Waals surface area contributed by atoms with E-state index >= 15 is 0 Å². The highest BCUT2D eigenvalue weighted by molar-refractivity contribution is 7.98. The van der Waals surface area contributed by atoms with Gasteiger partial charge < -0.3 is 14.8 Å². The predicted molar refractivity (Wildman–Crippen MR) is 135 cm³/mol. The quantitative estimate of drug-likeness (QED) is 0.317. The first-order chi connectivity index (χ1) is 16.3. The summed E-state index contributed by atoms with van der Waals surface area (Å²) in [7, 11) is 0. The van der Waals surface area contributed by atoms with Gasteiger partial charge in [0.15, 0.2) is 5.78 Å². The Morgan fingerprint density at radius 3 is 2.44 bits per heavy atom. The van der Waals surface area contributed by atoms with E-state index in [1.165, 1.54) is 0 Å². The van der Waals surface area contributed by atoms with Crippen LogP contribution in [0.3, 0.4) is 0 Å². The van der Waals surface area contributed by atoms with Crippen molar-refractivity contribution in [2.45, 2.75) is 44.4 Å². The Bertz CT molecular complexity index is 1130. The van der Waals surface area contributed by atoms with E-state index in [4.69, 9.17) is 9.47 Å². The minimum Gasteiger partial charge on any atom is -0.490 e. The zero-order valence-electron chi connectivity index (χ0n) is 20.1. The topological polar surface area (TPSA) is 64.6 Å². The fourth-order valence-corrected chi connectivity index (χ4v) is 5.13. The van der Waals surface area contributed by atoms with Gasteiger partial charge >= 0.3 is 5.97 Å². The summed E-state index contributed by atoms with van der Waals surface area (Å²) in [5, 5.41) is 3.38. The number of hydrogen-bond acceptors (Lipinski definition) is 6. The molecule has 2 aromatic carbocycles. The molecule has 0 amide bonds. The zero-order chi connectivity index (χ0) is 24.3. The lowest BCUT2D eigenvalue weighted by atomic mass is 9.68. The second kappa shape index (κ2) is 10.1. The van der Waals surface area contributed by atoms with E-state index in [1.54, 1.807) is 11.8 Å². The third kappa shape index (κ3) is 5.22. The molecule has 1 N–H and O–H groups in total. The third-order valence-corrected chi connectivity index (χ3v) is 6.98. The van der Waals surface area contributed by atoms with E-state index in [-0.39, 0.29) is 24.4 Å². The van der Waals surface area contributed by atoms with Gasteiger partial charge in [0.05, 0.1) is 5.57 Å². The van der Waals surface area contributed by atoms with Crippen LogP contribution in [-0.4, -0.2) is 31.2 Å². The number of para-hydroxylation sites is 1. The van der Waals surface area contributed by atoms with Gasteiger partial charge in [0, 0.05) is 34.2 Å². The van der Waals surface area contributed by atoms with Crippen LogP contribution in [0.1, 0.15) is 45.1 Å². The summed E-state index contributed by atoms with van der Waals surface area (Å²) in [4.78, 5) is 27.8. The SMILES string of the molecule is CSc1ccc([C@@H]2C(C(=O)OCCOc3ccccc3)=C(C)NC3=C2C(=O)CC(C)(C)C3)cc1. The first-order valence-corrected chi connectivity index (χ1v) is 12.7. The maximum Gasteiger partial charge on any atom is 0.336 e. The van der Waals surface area contributed by atoms with Crippen molar-refractivity contribution in [2.75, 3.05) is 19.5 Å². The number of rotatable bonds is 7. The fourth-order valence-electron chi connectivity index (χ4n) is 4.72. The van der Waals surface area contributed by atoms with Gasteiger partial charge in [0.1, 0.15) is 19.0 Å². The second-order valence-corrected chi connectivity index (χ2v) is 10.4. The lowest BCUT2D eigenvalue weighted by molar-refractivity contribution is -0.140. The number of ether oxygens (including phenoxy) is 2. The Kier molecular flexibility index (Phi) is 7.17.